The number of hydrogen-bond donors (Lipinski definition) is 0. The predicted molar refractivity (Wildman–Crippen MR) is 57.0 cm³/mol. The van der Waals surface area contributed by atoms with E-state index in [9.17, 15) is 0 Å². The molecule has 12 heavy (non-hydrogen) atoms. The summed E-state index contributed by atoms with van der Waals surface area (Å²) in [6.07, 6.45) is 1.84. The molecule has 0 fully saturated rings. The second kappa shape index (κ2) is 3.15. The Morgan fingerprint density at radius 2 is 2.42 bits per heavy atom. The van der Waals surface area contributed by atoms with E-state index in [0.29, 0.717) is 0 Å². The van der Waals surface area contributed by atoms with Gasteiger partial charge in [-0.25, -0.2) is 4.98 Å². The third-order valence-electron chi connectivity index (χ3n) is 1.93. The quantitative estimate of drug-likeness (QED) is 0.697. The summed E-state index contributed by atoms with van der Waals surface area (Å²) in [6.45, 7) is 2.15. The van der Waals surface area contributed by atoms with E-state index >= 15 is 0 Å². The van der Waals surface area contributed by atoms with Crippen LogP contribution in [0.1, 0.15) is 10.4 Å². The number of pyridine rings is 1. The zero-order valence-corrected chi connectivity index (χ0v) is 9.08. The lowest BCUT2D eigenvalue weighted by molar-refractivity contribution is 1.42. The van der Waals surface area contributed by atoms with Gasteiger partial charge in [-0.1, -0.05) is 22.0 Å². The van der Waals surface area contributed by atoms with Gasteiger partial charge in [-0.3, -0.25) is 0 Å². The molecule has 3 heteroatoms. The molecule has 0 aromatic carbocycles. The van der Waals surface area contributed by atoms with Crippen LogP contribution in [0.15, 0.2) is 18.3 Å². The standard InChI is InChI=1S/C9H8BrNS/c1-6-7-3-2-4-11-9(7)12-8(6)5-10/h2-4H,5H2,1H3. The molecule has 0 saturated heterocycles. The van der Waals surface area contributed by atoms with Crippen molar-refractivity contribution in [1.82, 2.24) is 4.98 Å². The van der Waals surface area contributed by atoms with Gasteiger partial charge in [0.05, 0.1) is 0 Å². The van der Waals surface area contributed by atoms with Crippen molar-refractivity contribution in [3.63, 3.8) is 0 Å². The molecule has 2 aromatic heterocycles. The average Bonchev–Trinajstić information content (AvgIpc) is 2.44. The summed E-state index contributed by atoms with van der Waals surface area (Å²) in [4.78, 5) is 6.83. The second-order valence-electron chi connectivity index (χ2n) is 2.64. The minimum Gasteiger partial charge on any atom is -0.245 e. The van der Waals surface area contributed by atoms with E-state index in [2.05, 4.69) is 33.9 Å². The summed E-state index contributed by atoms with van der Waals surface area (Å²) in [6, 6.07) is 4.11. The fraction of sp³-hybridized carbons (Fsp3) is 0.222. The van der Waals surface area contributed by atoms with Gasteiger partial charge in [-0.15, -0.1) is 11.3 Å². The first-order valence-corrected chi connectivity index (χ1v) is 5.65. The monoisotopic (exact) mass is 241 g/mol. The predicted octanol–water partition coefficient (Wildman–Crippen LogP) is 3.50. The number of fused-ring (bicyclic) bond motifs is 1. The minimum absolute atomic E-state index is 0.930. The lowest BCUT2D eigenvalue weighted by Gasteiger charge is -1.90. The number of thiophene rings is 1. The zero-order chi connectivity index (χ0) is 8.55. The third kappa shape index (κ3) is 1.17. The van der Waals surface area contributed by atoms with Crippen molar-refractivity contribution in [2.24, 2.45) is 0 Å². The lowest BCUT2D eigenvalue weighted by Crippen LogP contribution is -1.74. The van der Waals surface area contributed by atoms with Crippen molar-refractivity contribution < 1.29 is 0 Å². The highest BCUT2D eigenvalue weighted by molar-refractivity contribution is 9.08. The first-order valence-electron chi connectivity index (χ1n) is 3.72. The molecule has 0 N–H and O–H groups in total. The molecule has 0 aliphatic heterocycles. The van der Waals surface area contributed by atoms with Gasteiger partial charge in [0.15, 0.2) is 0 Å². The van der Waals surface area contributed by atoms with Gasteiger partial charge in [-0.2, -0.15) is 0 Å². The van der Waals surface area contributed by atoms with E-state index in [1.807, 2.05) is 12.3 Å². The Hall–Kier alpha value is -0.410. The van der Waals surface area contributed by atoms with Crippen LogP contribution in [-0.4, -0.2) is 4.98 Å². The minimum atomic E-state index is 0.930. The summed E-state index contributed by atoms with van der Waals surface area (Å²) >= 11 is 5.23. The Balaban J connectivity index is 2.78. The summed E-state index contributed by atoms with van der Waals surface area (Å²) < 4.78 is 0. The Bertz CT molecular complexity index is 408. The molecule has 0 atom stereocenters. The number of alkyl halides is 1. The van der Waals surface area contributed by atoms with Crippen LogP contribution in [0.25, 0.3) is 10.2 Å². The maximum atomic E-state index is 4.31. The van der Waals surface area contributed by atoms with Gasteiger partial charge >= 0.3 is 0 Å². The fourth-order valence-corrected chi connectivity index (χ4v) is 2.99. The molecule has 62 valence electrons. The number of halogens is 1. The highest BCUT2D eigenvalue weighted by Crippen LogP contribution is 2.30. The Labute approximate surface area is 83.6 Å². The molecule has 0 aliphatic carbocycles. The van der Waals surface area contributed by atoms with Gasteiger partial charge in [0, 0.05) is 21.8 Å². The highest BCUT2D eigenvalue weighted by atomic mass is 79.9. The second-order valence-corrected chi connectivity index (χ2v) is 4.28. The van der Waals surface area contributed by atoms with Crippen LogP contribution in [0.2, 0.25) is 0 Å². The third-order valence-corrected chi connectivity index (χ3v) is 4.08. The van der Waals surface area contributed by atoms with Crippen LogP contribution < -0.4 is 0 Å². The molecule has 2 heterocycles. The Kier molecular flexibility index (Phi) is 2.15. The van der Waals surface area contributed by atoms with Gasteiger partial charge in [0.2, 0.25) is 0 Å². The van der Waals surface area contributed by atoms with Crippen molar-refractivity contribution in [1.29, 1.82) is 0 Å². The van der Waals surface area contributed by atoms with Gasteiger partial charge < -0.3 is 0 Å². The molecule has 2 rings (SSSR count). The van der Waals surface area contributed by atoms with Crippen LogP contribution in [0.3, 0.4) is 0 Å². The molecular weight excluding hydrogens is 234 g/mol. The molecule has 0 bridgehead atoms. The number of rotatable bonds is 1. The van der Waals surface area contributed by atoms with Crippen LogP contribution in [-0.2, 0) is 5.33 Å². The van der Waals surface area contributed by atoms with E-state index in [0.717, 1.165) is 10.2 Å². The maximum Gasteiger partial charge on any atom is 0.123 e. The molecule has 0 radical (unpaired) electrons. The van der Waals surface area contributed by atoms with Crippen molar-refractivity contribution >= 4 is 37.5 Å². The number of nitrogens with zero attached hydrogens (tertiary/aromatic N) is 1. The topological polar surface area (TPSA) is 12.9 Å². The summed E-state index contributed by atoms with van der Waals surface area (Å²) in [7, 11) is 0. The van der Waals surface area contributed by atoms with Crippen molar-refractivity contribution in [3.8, 4) is 0 Å². The van der Waals surface area contributed by atoms with Crippen LogP contribution in [0.5, 0.6) is 0 Å². The van der Waals surface area contributed by atoms with E-state index < -0.39 is 0 Å². The van der Waals surface area contributed by atoms with Gasteiger partial charge in [0.1, 0.15) is 4.83 Å². The van der Waals surface area contributed by atoms with Crippen molar-refractivity contribution in [2.45, 2.75) is 12.3 Å². The van der Waals surface area contributed by atoms with E-state index in [1.54, 1.807) is 11.3 Å². The smallest absolute Gasteiger partial charge is 0.123 e. The summed E-state index contributed by atoms with van der Waals surface area (Å²) in [5.74, 6) is 0. The number of hydrogen-bond acceptors (Lipinski definition) is 2. The maximum absolute atomic E-state index is 4.31. The molecule has 0 amide bonds. The zero-order valence-electron chi connectivity index (χ0n) is 6.67. The van der Waals surface area contributed by atoms with E-state index in [-0.39, 0.29) is 0 Å². The molecule has 1 nitrogen and oxygen atoms in total. The number of aromatic nitrogens is 1. The van der Waals surface area contributed by atoms with E-state index in [4.69, 9.17) is 0 Å². The van der Waals surface area contributed by atoms with Crippen molar-refractivity contribution in [2.75, 3.05) is 0 Å². The lowest BCUT2D eigenvalue weighted by atomic mass is 10.2. The average molecular weight is 242 g/mol. The molecule has 2 aromatic rings. The van der Waals surface area contributed by atoms with Crippen LogP contribution >= 0.6 is 27.3 Å². The van der Waals surface area contributed by atoms with Gasteiger partial charge in [-0.05, 0) is 18.6 Å². The first-order chi connectivity index (χ1) is 5.83. The molecule has 0 saturated carbocycles. The number of aryl methyl sites for hydroxylation is 1. The molecule has 0 spiro atoms. The first kappa shape index (κ1) is 8.20. The normalized spacial score (nSPS) is 10.8. The summed E-state index contributed by atoms with van der Waals surface area (Å²) in [5, 5.41) is 2.22. The molecular formula is C9H8BrNS. The van der Waals surface area contributed by atoms with Crippen LogP contribution in [0.4, 0.5) is 0 Å². The van der Waals surface area contributed by atoms with Crippen molar-refractivity contribution in [3.05, 3.63) is 28.8 Å². The Morgan fingerprint density at radius 3 is 3.08 bits per heavy atom. The SMILES string of the molecule is Cc1c(CBr)sc2ncccc12. The Morgan fingerprint density at radius 1 is 1.58 bits per heavy atom. The summed E-state index contributed by atoms with van der Waals surface area (Å²) in [5.41, 5.74) is 1.36. The largest absolute Gasteiger partial charge is 0.245 e. The molecule has 0 unspecified atom stereocenters. The van der Waals surface area contributed by atoms with E-state index in [1.165, 1.54) is 15.8 Å². The fourth-order valence-electron chi connectivity index (χ4n) is 1.23. The van der Waals surface area contributed by atoms with Gasteiger partial charge in [0.25, 0.3) is 0 Å². The highest BCUT2D eigenvalue weighted by Gasteiger charge is 2.06. The van der Waals surface area contributed by atoms with Crippen LogP contribution in [0, 0.1) is 6.92 Å². The molecule has 0 aliphatic rings.